The molecule has 0 aliphatic rings. The number of carboxylic acids is 1. The number of benzene rings is 1. The maximum atomic E-state index is 10.9. The lowest BCUT2D eigenvalue weighted by Crippen LogP contribution is -2.41. The van der Waals surface area contributed by atoms with Crippen molar-refractivity contribution in [2.24, 2.45) is 0 Å². The van der Waals surface area contributed by atoms with Gasteiger partial charge in [-0.3, -0.25) is 4.79 Å². The van der Waals surface area contributed by atoms with Crippen molar-refractivity contribution in [2.75, 3.05) is 5.75 Å². The highest BCUT2D eigenvalue weighted by atomic mass is 79.9. The number of hydrogen-bond donors (Lipinski definition) is 4. The number of carbonyl (C=O) groups is 2. The van der Waals surface area contributed by atoms with E-state index >= 15 is 0 Å². The summed E-state index contributed by atoms with van der Waals surface area (Å²) in [5, 5.41) is 30.4. The van der Waals surface area contributed by atoms with Crippen LogP contribution < -0.4 is 5.32 Å². The highest BCUT2D eigenvalue weighted by Crippen LogP contribution is 2.38. The summed E-state index contributed by atoms with van der Waals surface area (Å²) in [5.74, 6) is -1.73. The smallest absolute Gasteiger partial charge is 0.327 e. The van der Waals surface area contributed by atoms with Crippen molar-refractivity contribution in [2.45, 2.75) is 17.9 Å². The number of phenols is 2. The monoisotopic (exact) mass is 349 g/mol. The van der Waals surface area contributed by atoms with E-state index in [9.17, 15) is 19.8 Å². The van der Waals surface area contributed by atoms with Gasteiger partial charge in [0.25, 0.3) is 0 Å². The lowest BCUT2D eigenvalue weighted by atomic mass is 10.3. The van der Waals surface area contributed by atoms with Crippen molar-refractivity contribution >= 4 is 39.6 Å². The van der Waals surface area contributed by atoms with Crippen LogP contribution in [0.1, 0.15) is 6.92 Å². The summed E-state index contributed by atoms with van der Waals surface area (Å²) in [6.45, 7) is 1.23. The van der Waals surface area contributed by atoms with Gasteiger partial charge in [-0.2, -0.15) is 0 Å². The van der Waals surface area contributed by atoms with E-state index in [2.05, 4.69) is 21.2 Å². The molecule has 0 spiro atoms. The highest BCUT2D eigenvalue weighted by Gasteiger charge is 2.20. The van der Waals surface area contributed by atoms with E-state index in [0.717, 1.165) is 11.8 Å². The van der Waals surface area contributed by atoms with E-state index in [1.54, 1.807) is 0 Å². The van der Waals surface area contributed by atoms with Crippen LogP contribution in [0.4, 0.5) is 0 Å². The number of carbonyl (C=O) groups excluding carboxylic acids is 1. The number of hydrogen-bond acceptors (Lipinski definition) is 5. The molecule has 104 valence electrons. The van der Waals surface area contributed by atoms with E-state index in [4.69, 9.17) is 5.11 Å². The van der Waals surface area contributed by atoms with Crippen LogP contribution in [0, 0.1) is 0 Å². The second-order valence-electron chi connectivity index (χ2n) is 3.68. The molecule has 19 heavy (non-hydrogen) atoms. The zero-order valence-electron chi connectivity index (χ0n) is 9.88. The summed E-state index contributed by atoms with van der Waals surface area (Å²) < 4.78 is 0.307. The molecular formula is C11H12BrNO5S. The average molecular weight is 350 g/mol. The molecule has 0 fully saturated rings. The molecule has 0 aliphatic heterocycles. The van der Waals surface area contributed by atoms with E-state index in [-0.39, 0.29) is 17.3 Å². The summed E-state index contributed by atoms with van der Waals surface area (Å²) in [6, 6.07) is 1.57. The minimum atomic E-state index is -1.17. The normalized spacial score (nSPS) is 11.9. The first-order valence-corrected chi connectivity index (χ1v) is 6.93. The molecule has 1 aromatic carbocycles. The molecule has 0 heterocycles. The Morgan fingerprint density at radius 2 is 2.05 bits per heavy atom. The van der Waals surface area contributed by atoms with Gasteiger partial charge in [-0.05, 0) is 28.1 Å². The zero-order chi connectivity index (χ0) is 14.6. The molecule has 1 atom stereocenters. The molecule has 0 saturated carbocycles. The van der Waals surface area contributed by atoms with Crippen LogP contribution in [-0.4, -0.2) is 39.0 Å². The van der Waals surface area contributed by atoms with Crippen molar-refractivity contribution in [1.29, 1.82) is 0 Å². The molecule has 1 aromatic rings. The highest BCUT2D eigenvalue weighted by molar-refractivity contribution is 9.10. The molecule has 0 saturated heterocycles. The van der Waals surface area contributed by atoms with Crippen LogP contribution in [0.25, 0.3) is 0 Å². The van der Waals surface area contributed by atoms with Gasteiger partial charge in [0.1, 0.15) is 17.5 Å². The Bertz CT molecular complexity index is 508. The minimum Gasteiger partial charge on any atom is -0.508 e. The van der Waals surface area contributed by atoms with Crippen molar-refractivity contribution < 1.29 is 24.9 Å². The Labute approximate surface area is 122 Å². The minimum absolute atomic E-state index is 0.0262. The Hall–Kier alpha value is -1.41. The van der Waals surface area contributed by atoms with Gasteiger partial charge in [0.05, 0.1) is 9.37 Å². The Morgan fingerprint density at radius 3 is 2.58 bits per heavy atom. The van der Waals surface area contributed by atoms with E-state index in [1.165, 1.54) is 19.1 Å². The second-order valence-corrected chi connectivity index (χ2v) is 5.59. The van der Waals surface area contributed by atoms with Gasteiger partial charge < -0.3 is 20.6 Å². The van der Waals surface area contributed by atoms with Crippen LogP contribution in [-0.2, 0) is 9.59 Å². The first-order chi connectivity index (χ1) is 8.81. The summed E-state index contributed by atoms with van der Waals surface area (Å²) in [4.78, 5) is 22.1. The summed E-state index contributed by atoms with van der Waals surface area (Å²) in [5.41, 5.74) is 0. The maximum Gasteiger partial charge on any atom is 0.327 e. The number of phenolic OH excluding ortho intramolecular Hbond substituents is 2. The number of carboxylic acid groups (broad SMARTS) is 1. The molecule has 8 heteroatoms. The Kier molecular flexibility index (Phi) is 5.49. The fraction of sp³-hybridized carbons (Fsp3) is 0.273. The van der Waals surface area contributed by atoms with Gasteiger partial charge in [0, 0.05) is 12.7 Å². The lowest BCUT2D eigenvalue weighted by molar-refractivity contribution is -0.140. The maximum absolute atomic E-state index is 10.9. The van der Waals surface area contributed by atoms with E-state index in [1.807, 2.05) is 0 Å². The van der Waals surface area contributed by atoms with Gasteiger partial charge in [-0.15, -0.1) is 11.8 Å². The third-order valence-corrected chi connectivity index (χ3v) is 3.82. The number of halogens is 1. The third-order valence-electron chi connectivity index (χ3n) is 2.09. The van der Waals surface area contributed by atoms with Crippen LogP contribution >= 0.6 is 27.7 Å². The topological polar surface area (TPSA) is 107 Å². The van der Waals surface area contributed by atoms with Crippen molar-refractivity contribution in [3.05, 3.63) is 16.6 Å². The first-order valence-electron chi connectivity index (χ1n) is 5.15. The van der Waals surface area contributed by atoms with Crippen LogP contribution in [0.3, 0.4) is 0 Å². The summed E-state index contributed by atoms with van der Waals surface area (Å²) >= 11 is 4.08. The van der Waals surface area contributed by atoms with Crippen LogP contribution in [0.15, 0.2) is 21.5 Å². The van der Waals surface area contributed by atoms with Gasteiger partial charge in [0.15, 0.2) is 0 Å². The van der Waals surface area contributed by atoms with Gasteiger partial charge in [0.2, 0.25) is 5.91 Å². The number of aromatic hydroxyl groups is 2. The Balaban J connectivity index is 2.79. The fourth-order valence-electron chi connectivity index (χ4n) is 1.26. The van der Waals surface area contributed by atoms with E-state index in [0.29, 0.717) is 9.37 Å². The molecule has 1 rings (SSSR count). The largest absolute Gasteiger partial charge is 0.508 e. The third kappa shape index (κ3) is 4.64. The fourth-order valence-corrected chi connectivity index (χ4v) is 2.87. The predicted molar refractivity (Wildman–Crippen MR) is 73.4 cm³/mol. The van der Waals surface area contributed by atoms with Crippen LogP contribution in [0.2, 0.25) is 0 Å². The molecule has 6 nitrogen and oxygen atoms in total. The van der Waals surface area contributed by atoms with Gasteiger partial charge in [-0.25, -0.2) is 4.79 Å². The zero-order valence-corrected chi connectivity index (χ0v) is 12.3. The first kappa shape index (κ1) is 15.6. The average Bonchev–Trinajstić information content (AvgIpc) is 2.29. The van der Waals surface area contributed by atoms with E-state index < -0.39 is 17.9 Å². The number of aliphatic carboxylic acids is 1. The number of rotatable bonds is 5. The molecular weight excluding hydrogens is 338 g/mol. The summed E-state index contributed by atoms with van der Waals surface area (Å²) in [7, 11) is 0. The molecule has 0 radical (unpaired) electrons. The van der Waals surface area contributed by atoms with Crippen molar-refractivity contribution in [3.8, 4) is 11.5 Å². The molecule has 4 N–H and O–H groups in total. The van der Waals surface area contributed by atoms with Gasteiger partial charge in [-0.1, -0.05) is 0 Å². The molecule has 0 aromatic heterocycles. The molecule has 0 aliphatic carbocycles. The SMILES string of the molecule is CC(=O)N[C@@H](CSc1cc(O)cc(Br)c1O)C(=O)O. The number of amides is 1. The Morgan fingerprint density at radius 1 is 1.42 bits per heavy atom. The summed E-state index contributed by atoms with van der Waals surface area (Å²) in [6.07, 6.45) is 0. The van der Waals surface area contributed by atoms with Crippen molar-refractivity contribution in [1.82, 2.24) is 5.32 Å². The van der Waals surface area contributed by atoms with Crippen LogP contribution in [0.5, 0.6) is 11.5 Å². The quantitative estimate of drug-likeness (QED) is 0.474. The molecule has 0 bridgehead atoms. The standard InChI is InChI=1S/C11H12BrNO5S/c1-5(14)13-8(11(17)18)4-19-9-3-6(15)2-7(12)10(9)16/h2-3,8,15-16H,4H2,1H3,(H,13,14)(H,17,18)/t8-/m0/s1. The lowest BCUT2D eigenvalue weighted by Gasteiger charge is -2.13. The predicted octanol–water partition coefficient (Wildman–Crippen LogP) is 1.54. The molecule has 1 amide bonds. The number of nitrogens with one attached hydrogen (secondary N) is 1. The molecule has 0 unspecified atom stereocenters. The number of thioether (sulfide) groups is 1. The van der Waals surface area contributed by atoms with Crippen molar-refractivity contribution in [3.63, 3.8) is 0 Å². The second kappa shape index (κ2) is 6.67. The van der Waals surface area contributed by atoms with Gasteiger partial charge >= 0.3 is 5.97 Å².